The number of carbonyl (C=O) groups is 2. The minimum absolute atomic E-state index is 0.0290. The summed E-state index contributed by atoms with van der Waals surface area (Å²) in [5, 5.41) is 2.45. The molecule has 0 saturated carbocycles. The Balaban J connectivity index is 3.06. The minimum Gasteiger partial charge on any atom is -0.466 e. The van der Waals surface area contributed by atoms with Gasteiger partial charge in [-0.05, 0) is 5.56 Å². The van der Waals surface area contributed by atoms with Crippen LogP contribution in [-0.2, 0) is 14.3 Å². The number of carbonyl (C=O) groups excluding carboxylic acids is 2. The second kappa shape index (κ2) is 6.97. The summed E-state index contributed by atoms with van der Waals surface area (Å²) in [7, 11) is 1.21. The monoisotopic (exact) mass is 335 g/mol. The van der Waals surface area contributed by atoms with Gasteiger partial charge in [0.2, 0.25) is 0 Å². The van der Waals surface area contributed by atoms with Crippen molar-refractivity contribution in [2.75, 3.05) is 7.11 Å². The molecule has 0 heterocycles. The first-order valence-electron chi connectivity index (χ1n) is 5.47. The van der Waals surface area contributed by atoms with Crippen LogP contribution in [0, 0.1) is 0 Å². The average Bonchev–Trinajstić information content (AvgIpc) is 2.42. The molecule has 0 aliphatic carbocycles. The van der Waals surface area contributed by atoms with E-state index in [0.717, 1.165) is 0 Å². The zero-order valence-electron chi connectivity index (χ0n) is 10.5. The molecule has 1 rings (SSSR count). The van der Waals surface area contributed by atoms with E-state index < -0.39 is 21.7 Å². The van der Waals surface area contributed by atoms with Crippen LogP contribution in [-0.4, -0.2) is 22.8 Å². The smallest absolute Gasteiger partial charge is 0.335 e. The molecule has 4 nitrogen and oxygen atoms in total. The molecule has 0 aliphatic rings. The van der Waals surface area contributed by atoms with Gasteiger partial charge in [0.1, 0.15) is 0 Å². The fourth-order valence-corrected chi connectivity index (χ4v) is 1.64. The standard InChI is InChI=1S/C13H12Cl3NO3/c1-8(11(18)20-2)10(9-6-4-3-5-7-9)17-12(19)13(14,15)16/h3-7,10H,1H2,2H3,(H,17,19). The normalized spacial score (nSPS) is 12.4. The number of alkyl halides is 3. The summed E-state index contributed by atoms with van der Waals surface area (Å²) in [6, 6.07) is 7.85. The van der Waals surface area contributed by atoms with Gasteiger partial charge in [-0.15, -0.1) is 0 Å². The second-order valence-electron chi connectivity index (χ2n) is 3.83. The number of amides is 1. The molecule has 0 spiro atoms. The van der Waals surface area contributed by atoms with E-state index in [4.69, 9.17) is 34.8 Å². The third-order valence-electron chi connectivity index (χ3n) is 2.46. The first-order chi connectivity index (χ1) is 9.27. The summed E-state index contributed by atoms with van der Waals surface area (Å²) in [4.78, 5) is 23.3. The van der Waals surface area contributed by atoms with E-state index in [1.807, 2.05) is 0 Å². The van der Waals surface area contributed by atoms with Gasteiger partial charge in [-0.1, -0.05) is 71.7 Å². The number of rotatable bonds is 4. The van der Waals surface area contributed by atoms with Crippen LogP contribution in [0.15, 0.2) is 42.5 Å². The van der Waals surface area contributed by atoms with Crippen molar-refractivity contribution in [2.45, 2.75) is 9.83 Å². The van der Waals surface area contributed by atoms with Crippen LogP contribution >= 0.6 is 34.8 Å². The van der Waals surface area contributed by atoms with Gasteiger partial charge in [0.05, 0.1) is 18.7 Å². The fraction of sp³-hybridized carbons (Fsp3) is 0.231. The number of hydrogen-bond acceptors (Lipinski definition) is 3. The van der Waals surface area contributed by atoms with Crippen molar-refractivity contribution >= 4 is 46.7 Å². The first-order valence-corrected chi connectivity index (χ1v) is 6.60. The Hall–Kier alpha value is -1.23. The van der Waals surface area contributed by atoms with Gasteiger partial charge in [0.25, 0.3) is 9.70 Å². The van der Waals surface area contributed by atoms with Crippen LogP contribution in [0.2, 0.25) is 0 Å². The van der Waals surface area contributed by atoms with Crippen LogP contribution < -0.4 is 5.32 Å². The van der Waals surface area contributed by atoms with Gasteiger partial charge >= 0.3 is 5.97 Å². The van der Waals surface area contributed by atoms with Crippen molar-refractivity contribution in [3.05, 3.63) is 48.0 Å². The number of esters is 1. The number of nitrogens with one attached hydrogen (secondary N) is 1. The van der Waals surface area contributed by atoms with Crippen molar-refractivity contribution in [3.63, 3.8) is 0 Å². The van der Waals surface area contributed by atoms with Crippen molar-refractivity contribution in [1.29, 1.82) is 0 Å². The summed E-state index contributed by atoms with van der Waals surface area (Å²) < 4.78 is 2.46. The predicted molar refractivity (Wildman–Crippen MR) is 78.8 cm³/mol. The maximum absolute atomic E-state index is 11.8. The predicted octanol–water partition coefficient (Wildman–Crippen LogP) is 2.94. The van der Waals surface area contributed by atoms with E-state index in [9.17, 15) is 9.59 Å². The third kappa shape index (κ3) is 4.40. The lowest BCUT2D eigenvalue weighted by atomic mass is 10.00. The molecule has 1 aromatic carbocycles. The highest BCUT2D eigenvalue weighted by atomic mass is 35.6. The van der Waals surface area contributed by atoms with Crippen molar-refractivity contribution in [2.24, 2.45) is 0 Å². The Bertz CT molecular complexity index is 511. The minimum atomic E-state index is -2.14. The van der Waals surface area contributed by atoms with Crippen LogP contribution in [0.5, 0.6) is 0 Å². The molecule has 0 aliphatic heterocycles. The molecule has 1 N–H and O–H groups in total. The molecular formula is C13H12Cl3NO3. The number of ether oxygens (including phenoxy) is 1. The lowest BCUT2D eigenvalue weighted by molar-refractivity contribution is -0.136. The maximum Gasteiger partial charge on any atom is 0.335 e. The Morgan fingerprint density at radius 3 is 2.25 bits per heavy atom. The zero-order valence-corrected chi connectivity index (χ0v) is 12.8. The molecule has 0 saturated heterocycles. The third-order valence-corrected chi connectivity index (χ3v) is 2.98. The van der Waals surface area contributed by atoms with E-state index in [-0.39, 0.29) is 5.57 Å². The molecule has 1 aromatic rings. The summed E-state index contributed by atoms with van der Waals surface area (Å²) in [5.41, 5.74) is 0.645. The van der Waals surface area contributed by atoms with Gasteiger partial charge in [-0.2, -0.15) is 0 Å². The van der Waals surface area contributed by atoms with Crippen LogP contribution in [0.4, 0.5) is 0 Å². The van der Waals surface area contributed by atoms with E-state index in [1.165, 1.54) is 7.11 Å². The molecule has 0 bridgehead atoms. The number of hydrogen-bond donors (Lipinski definition) is 1. The zero-order chi connectivity index (χ0) is 15.3. The van der Waals surface area contributed by atoms with E-state index in [2.05, 4.69) is 16.6 Å². The summed E-state index contributed by atoms with van der Waals surface area (Å²) >= 11 is 16.5. The summed E-state index contributed by atoms with van der Waals surface area (Å²) in [6.07, 6.45) is 0. The molecule has 108 valence electrons. The topological polar surface area (TPSA) is 55.4 Å². The molecule has 1 atom stereocenters. The lowest BCUT2D eigenvalue weighted by Gasteiger charge is -2.22. The van der Waals surface area contributed by atoms with Crippen molar-refractivity contribution in [1.82, 2.24) is 5.32 Å². The van der Waals surface area contributed by atoms with Crippen LogP contribution in [0.25, 0.3) is 0 Å². The average molecular weight is 337 g/mol. The molecule has 20 heavy (non-hydrogen) atoms. The SMILES string of the molecule is C=C(C(=O)OC)C(NC(=O)C(Cl)(Cl)Cl)c1ccccc1. The quantitative estimate of drug-likeness (QED) is 0.522. The van der Waals surface area contributed by atoms with Gasteiger partial charge in [0.15, 0.2) is 0 Å². The van der Waals surface area contributed by atoms with Crippen LogP contribution in [0.1, 0.15) is 11.6 Å². The maximum atomic E-state index is 11.8. The van der Waals surface area contributed by atoms with Gasteiger partial charge in [-0.25, -0.2) is 4.79 Å². The molecule has 0 aromatic heterocycles. The van der Waals surface area contributed by atoms with Crippen molar-refractivity contribution < 1.29 is 14.3 Å². The van der Waals surface area contributed by atoms with E-state index >= 15 is 0 Å². The summed E-state index contributed by atoms with van der Waals surface area (Å²) in [6.45, 7) is 3.62. The number of halogens is 3. The van der Waals surface area contributed by atoms with Gasteiger partial charge in [0, 0.05) is 0 Å². The Morgan fingerprint density at radius 1 is 1.25 bits per heavy atom. The highest BCUT2D eigenvalue weighted by molar-refractivity contribution is 6.76. The second-order valence-corrected chi connectivity index (χ2v) is 6.11. The first kappa shape index (κ1) is 16.8. The number of methoxy groups -OCH3 is 1. The molecule has 1 amide bonds. The highest BCUT2D eigenvalue weighted by Gasteiger charge is 2.34. The van der Waals surface area contributed by atoms with Gasteiger partial charge < -0.3 is 10.1 Å². The fourth-order valence-electron chi connectivity index (χ4n) is 1.48. The Labute approximate surface area is 131 Å². The Kier molecular flexibility index (Phi) is 5.87. The number of benzene rings is 1. The molecule has 0 radical (unpaired) electrons. The van der Waals surface area contributed by atoms with E-state index in [0.29, 0.717) is 5.56 Å². The molecule has 7 heteroatoms. The summed E-state index contributed by atoms with van der Waals surface area (Å²) in [5.74, 6) is -1.52. The highest BCUT2D eigenvalue weighted by Crippen LogP contribution is 2.29. The van der Waals surface area contributed by atoms with Gasteiger partial charge in [-0.3, -0.25) is 4.79 Å². The molecular weight excluding hydrogens is 325 g/mol. The molecule has 1 unspecified atom stereocenters. The lowest BCUT2D eigenvalue weighted by Crippen LogP contribution is -2.39. The Morgan fingerprint density at radius 2 is 1.80 bits per heavy atom. The van der Waals surface area contributed by atoms with E-state index in [1.54, 1.807) is 30.3 Å². The largest absolute Gasteiger partial charge is 0.466 e. The molecule has 0 fully saturated rings. The van der Waals surface area contributed by atoms with Crippen molar-refractivity contribution in [3.8, 4) is 0 Å². The van der Waals surface area contributed by atoms with Crippen LogP contribution in [0.3, 0.4) is 0 Å².